The standard InChI is InChI=1S/C19H19N3O3/c1-2-3-10-25-19(24)16-6-4-5-7-17(16)21-18(23)14-8-9-22-13-20-12-15(22)11-14/h4-9,11-13H,2-3,10H2,1H3,(H,21,23). The minimum Gasteiger partial charge on any atom is -0.462 e. The Hall–Kier alpha value is -3.15. The quantitative estimate of drug-likeness (QED) is 0.551. The number of aromatic nitrogens is 2. The summed E-state index contributed by atoms with van der Waals surface area (Å²) in [5.74, 6) is -0.729. The zero-order valence-corrected chi connectivity index (χ0v) is 13.9. The number of unbranched alkanes of at least 4 members (excludes halogenated alkanes) is 1. The van der Waals surface area contributed by atoms with Crippen LogP contribution in [0.15, 0.2) is 55.1 Å². The Bertz CT molecular complexity index is 902. The number of nitrogens with zero attached hydrogens (tertiary/aromatic N) is 2. The highest BCUT2D eigenvalue weighted by Gasteiger charge is 2.15. The molecule has 6 nitrogen and oxygen atoms in total. The van der Waals surface area contributed by atoms with Gasteiger partial charge in [0.15, 0.2) is 0 Å². The molecule has 0 saturated carbocycles. The number of carbonyl (C=O) groups excluding carboxylic acids is 2. The number of carbonyl (C=O) groups is 2. The molecule has 0 aliphatic rings. The smallest absolute Gasteiger partial charge is 0.340 e. The number of pyridine rings is 1. The minimum atomic E-state index is -0.435. The van der Waals surface area contributed by atoms with E-state index in [1.165, 1.54) is 0 Å². The van der Waals surface area contributed by atoms with Crippen LogP contribution in [0.25, 0.3) is 5.52 Å². The van der Waals surface area contributed by atoms with Gasteiger partial charge in [-0.3, -0.25) is 4.79 Å². The van der Waals surface area contributed by atoms with Crippen molar-refractivity contribution in [2.45, 2.75) is 19.8 Å². The van der Waals surface area contributed by atoms with Crippen LogP contribution in [0.5, 0.6) is 0 Å². The van der Waals surface area contributed by atoms with E-state index in [-0.39, 0.29) is 5.91 Å². The number of para-hydroxylation sites is 1. The van der Waals surface area contributed by atoms with Crippen molar-refractivity contribution in [2.75, 3.05) is 11.9 Å². The van der Waals surface area contributed by atoms with E-state index in [1.807, 2.05) is 11.3 Å². The van der Waals surface area contributed by atoms with Gasteiger partial charge in [0, 0.05) is 11.8 Å². The lowest BCUT2D eigenvalue weighted by atomic mass is 10.1. The van der Waals surface area contributed by atoms with Crippen molar-refractivity contribution in [1.29, 1.82) is 0 Å². The van der Waals surface area contributed by atoms with Gasteiger partial charge in [-0.1, -0.05) is 25.5 Å². The maximum Gasteiger partial charge on any atom is 0.340 e. The van der Waals surface area contributed by atoms with Crippen molar-refractivity contribution in [3.8, 4) is 0 Å². The average Bonchev–Trinajstić information content (AvgIpc) is 3.10. The van der Waals surface area contributed by atoms with E-state index in [4.69, 9.17) is 4.74 Å². The Balaban J connectivity index is 1.77. The minimum absolute atomic E-state index is 0.294. The summed E-state index contributed by atoms with van der Waals surface area (Å²) in [6.45, 7) is 2.40. The number of rotatable bonds is 6. The molecule has 0 radical (unpaired) electrons. The molecule has 0 fully saturated rings. The van der Waals surface area contributed by atoms with E-state index in [9.17, 15) is 9.59 Å². The zero-order valence-electron chi connectivity index (χ0n) is 13.9. The van der Waals surface area contributed by atoms with Gasteiger partial charge < -0.3 is 14.5 Å². The van der Waals surface area contributed by atoms with Crippen LogP contribution in [0, 0.1) is 0 Å². The molecule has 1 N–H and O–H groups in total. The first kappa shape index (κ1) is 16.7. The largest absolute Gasteiger partial charge is 0.462 e. The first-order valence-corrected chi connectivity index (χ1v) is 8.18. The second kappa shape index (κ2) is 7.61. The van der Waals surface area contributed by atoms with Crippen LogP contribution in [-0.4, -0.2) is 27.9 Å². The molecule has 2 aromatic heterocycles. The highest BCUT2D eigenvalue weighted by atomic mass is 16.5. The van der Waals surface area contributed by atoms with E-state index < -0.39 is 5.97 Å². The molecule has 3 rings (SSSR count). The lowest BCUT2D eigenvalue weighted by Gasteiger charge is -2.11. The molecule has 25 heavy (non-hydrogen) atoms. The summed E-state index contributed by atoms with van der Waals surface area (Å²) in [5.41, 5.74) is 2.09. The molecule has 2 heterocycles. The third-order valence-corrected chi connectivity index (χ3v) is 3.80. The fraction of sp³-hybridized carbons (Fsp3) is 0.211. The van der Waals surface area contributed by atoms with Crippen LogP contribution >= 0.6 is 0 Å². The van der Waals surface area contributed by atoms with Gasteiger partial charge in [0.1, 0.15) is 0 Å². The highest BCUT2D eigenvalue weighted by Crippen LogP contribution is 2.18. The second-order valence-electron chi connectivity index (χ2n) is 5.63. The number of anilines is 1. The van der Waals surface area contributed by atoms with Crippen molar-refractivity contribution < 1.29 is 14.3 Å². The van der Waals surface area contributed by atoms with Gasteiger partial charge in [-0.2, -0.15) is 0 Å². The molecule has 6 heteroatoms. The van der Waals surface area contributed by atoms with Crippen molar-refractivity contribution in [3.05, 3.63) is 66.2 Å². The normalized spacial score (nSPS) is 10.6. The fourth-order valence-electron chi connectivity index (χ4n) is 2.41. The van der Waals surface area contributed by atoms with Gasteiger partial charge in [0.25, 0.3) is 5.91 Å². The lowest BCUT2D eigenvalue weighted by Crippen LogP contribution is -2.16. The molecule has 3 aromatic rings. The SMILES string of the molecule is CCCCOC(=O)c1ccccc1NC(=O)c1ccn2cncc2c1. The Labute approximate surface area is 145 Å². The summed E-state index contributed by atoms with van der Waals surface area (Å²) in [6, 6.07) is 10.3. The summed E-state index contributed by atoms with van der Waals surface area (Å²) in [7, 11) is 0. The van der Waals surface area contributed by atoms with E-state index in [0.29, 0.717) is 23.4 Å². The van der Waals surface area contributed by atoms with Gasteiger partial charge in [0.05, 0.1) is 35.9 Å². The van der Waals surface area contributed by atoms with Crippen LogP contribution in [0.2, 0.25) is 0 Å². The fourth-order valence-corrected chi connectivity index (χ4v) is 2.41. The summed E-state index contributed by atoms with van der Waals surface area (Å²) in [6.07, 6.45) is 6.87. The lowest BCUT2D eigenvalue weighted by molar-refractivity contribution is 0.0501. The first-order chi connectivity index (χ1) is 12.2. The number of hydrogen-bond acceptors (Lipinski definition) is 4. The number of fused-ring (bicyclic) bond motifs is 1. The van der Waals surface area contributed by atoms with Crippen LogP contribution in [0.1, 0.15) is 40.5 Å². The van der Waals surface area contributed by atoms with Crippen molar-refractivity contribution >= 4 is 23.1 Å². The molecule has 0 atom stereocenters. The Morgan fingerprint density at radius 1 is 1.24 bits per heavy atom. The molecule has 0 aliphatic carbocycles. The number of nitrogens with one attached hydrogen (secondary N) is 1. The van der Waals surface area contributed by atoms with E-state index >= 15 is 0 Å². The van der Waals surface area contributed by atoms with Crippen molar-refractivity contribution in [1.82, 2.24) is 9.38 Å². The molecule has 0 unspecified atom stereocenters. The monoisotopic (exact) mass is 337 g/mol. The van der Waals surface area contributed by atoms with Gasteiger partial charge >= 0.3 is 5.97 Å². The van der Waals surface area contributed by atoms with Crippen molar-refractivity contribution in [2.24, 2.45) is 0 Å². The summed E-state index contributed by atoms with van der Waals surface area (Å²) in [5, 5.41) is 2.79. The summed E-state index contributed by atoms with van der Waals surface area (Å²) >= 11 is 0. The maximum atomic E-state index is 12.5. The zero-order chi connectivity index (χ0) is 17.6. The van der Waals surface area contributed by atoms with Gasteiger partial charge in [-0.15, -0.1) is 0 Å². The Morgan fingerprint density at radius 2 is 2.08 bits per heavy atom. The number of benzene rings is 1. The highest BCUT2D eigenvalue weighted by molar-refractivity contribution is 6.08. The molecular weight excluding hydrogens is 318 g/mol. The number of ether oxygens (including phenoxy) is 1. The summed E-state index contributed by atoms with van der Waals surface area (Å²) in [4.78, 5) is 28.8. The third-order valence-electron chi connectivity index (χ3n) is 3.80. The molecule has 0 bridgehead atoms. The average molecular weight is 337 g/mol. The van der Waals surface area contributed by atoms with Gasteiger partial charge in [0.2, 0.25) is 0 Å². The number of hydrogen-bond donors (Lipinski definition) is 1. The molecule has 0 spiro atoms. The number of amides is 1. The molecule has 1 amide bonds. The van der Waals surface area contributed by atoms with E-state index in [1.54, 1.807) is 55.1 Å². The topological polar surface area (TPSA) is 72.7 Å². The van der Waals surface area contributed by atoms with Crippen molar-refractivity contribution in [3.63, 3.8) is 0 Å². The predicted molar refractivity (Wildman–Crippen MR) is 94.8 cm³/mol. The van der Waals surface area contributed by atoms with Crippen LogP contribution in [-0.2, 0) is 4.74 Å². The molecule has 1 aromatic carbocycles. The number of imidazole rings is 1. The van der Waals surface area contributed by atoms with Gasteiger partial charge in [-0.05, 0) is 30.7 Å². The maximum absolute atomic E-state index is 12.5. The summed E-state index contributed by atoms with van der Waals surface area (Å²) < 4.78 is 7.06. The van der Waals surface area contributed by atoms with Gasteiger partial charge in [-0.25, -0.2) is 9.78 Å². The van der Waals surface area contributed by atoms with Crippen LogP contribution in [0.4, 0.5) is 5.69 Å². The Kier molecular flexibility index (Phi) is 5.09. The number of esters is 1. The van der Waals surface area contributed by atoms with E-state index in [0.717, 1.165) is 18.4 Å². The molecule has 0 saturated heterocycles. The first-order valence-electron chi connectivity index (χ1n) is 8.18. The Morgan fingerprint density at radius 3 is 2.92 bits per heavy atom. The van der Waals surface area contributed by atoms with Crippen LogP contribution < -0.4 is 5.32 Å². The predicted octanol–water partition coefficient (Wildman–Crippen LogP) is 3.54. The molecule has 128 valence electrons. The van der Waals surface area contributed by atoms with Crippen LogP contribution in [0.3, 0.4) is 0 Å². The second-order valence-corrected chi connectivity index (χ2v) is 5.63. The molecular formula is C19H19N3O3. The third kappa shape index (κ3) is 3.85. The van der Waals surface area contributed by atoms with E-state index in [2.05, 4.69) is 10.3 Å². The molecule has 0 aliphatic heterocycles.